The molecule has 0 aromatic heterocycles. The fourth-order valence-corrected chi connectivity index (χ4v) is 4.54. The minimum Gasteiger partial charge on any atom is -0.481 e. The van der Waals surface area contributed by atoms with Crippen LogP contribution in [0, 0.1) is 0 Å². The van der Waals surface area contributed by atoms with Gasteiger partial charge < -0.3 is 10.0 Å². The largest absolute Gasteiger partial charge is 0.481 e. The lowest BCUT2D eigenvalue weighted by atomic mass is 10.0. The Kier molecular flexibility index (Phi) is 4.24. The Morgan fingerprint density at radius 2 is 1.70 bits per heavy atom. The molecule has 2 aliphatic rings. The second-order valence-corrected chi connectivity index (χ2v) is 8.50. The first-order chi connectivity index (χ1) is 12.9. The zero-order chi connectivity index (χ0) is 19.2. The Morgan fingerprint density at radius 3 is 2.33 bits per heavy atom. The van der Waals surface area contributed by atoms with E-state index in [9.17, 15) is 23.1 Å². The summed E-state index contributed by atoms with van der Waals surface area (Å²) in [7, 11) is -3.58. The first-order valence-electron chi connectivity index (χ1n) is 8.63. The van der Waals surface area contributed by atoms with E-state index in [2.05, 4.69) is 4.72 Å². The maximum absolute atomic E-state index is 12.9. The number of nitrogens with zero attached hydrogens (tertiary/aromatic N) is 1. The third-order valence-electron chi connectivity index (χ3n) is 4.82. The average Bonchev–Trinajstić information content (AvgIpc) is 3.36. The Labute approximate surface area is 156 Å². The fourth-order valence-electron chi connectivity index (χ4n) is 3.23. The average molecular weight is 386 g/mol. The lowest BCUT2D eigenvalue weighted by Gasteiger charge is -2.17. The summed E-state index contributed by atoms with van der Waals surface area (Å²) in [5.41, 5.74) is 1.48. The van der Waals surface area contributed by atoms with Gasteiger partial charge in [0.15, 0.2) is 0 Å². The van der Waals surface area contributed by atoms with Gasteiger partial charge in [0.2, 0.25) is 10.0 Å². The first-order valence-corrected chi connectivity index (χ1v) is 10.1. The van der Waals surface area contributed by atoms with Crippen molar-refractivity contribution < 1.29 is 23.1 Å². The number of carbonyl (C=O) groups is 2. The van der Waals surface area contributed by atoms with E-state index in [-0.39, 0.29) is 23.4 Å². The van der Waals surface area contributed by atoms with Crippen LogP contribution in [0.2, 0.25) is 0 Å². The van der Waals surface area contributed by atoms with Crippen molar-refractivity contribution in [1.29, 1.82) is 0 Å². The van der Waals surface area contributed by atoms with Crippen LogP contribution in [-0.2, 0) is 14.8 Å². The molecule has 0 saturated heterocycles. The van der Waals surface area contributed by atoms with Crippen molar-refractivity contribution >= 4 is 27.6 Å². The van der Waals surface area contributed by atoms with Crippen molar-refractivity contribution in [2.45, 2.75) is 29.7 Å². The highest BCUT2D eigenvalue weighted by atomic mass is 32.2. The summed E-state index contributed by atoms with van der Waals surface area (Å²) in [6.45, 7) is 0.0524. The Morgan fingerprint density at radius 1 is 1.04 bits per heavy atom. The summed E-state index contributed by atoms with van der Waals surface area (Å²) in [6.07, 6.45) is 1.68. The summed E-state index contributed by atoms with van der Waals surface area (Å²) in [6, 6.07) is 12.6. The van der Waals surface area contributed by atoms with Gasteiger partial charge in [-0.3, -0.25) is 9.59 Å². The third-order valence-corrected chi connectivity index (χ3v) is 6.36. The monoisotopic (exact) mass is 386 g/mol. The lowest BCUT2D eigenvalue weighted by Crippen LogP contribution is -2.31. The molecule has 27 heavy (non-hydrogen) atoms. The number of benzene rings is 2. The molecule has 140 valence electrons. The molecule has 1 aliphatic heterocycles. The molecule has 2 N–H and O–H groups in total. The van der Waals surface area contributed by atoms with Crippen LogP contribution in [0.4, 0.5) is 5.69 Å². The van der Waals surface area contributed by atoms with E-state index in [0.29, 0.717) is 16.8 Å². The summed E-state index contributed by atoms with van der Waals surface area (Å²) < 4.78 is 27.1. The second-order valence-electron chi connectivity index (χ2n) is 6.79. The molecule has 4 rings (SSSR count). The van der Waals surface area contributed by atoms with Gasteiger partial charge in [-0.2, -0.15) is 0 Å². The van der Waals surface area contributed by atoms with E-state index < -0.39 is 21.9 Å². The van der Waals surface area contributed by atoms with Gasteiger partial charge in [0, 0.05) is 23.8 Å². The summed E-state index contributed by atoms with van der Waals surface area (Å²) in [4.78, 5) is 25.9. The molecular weight excluding hydrogens is 368 g/mol. The van der Waals surface area contributed by atoms with Gasteiger partial charge in [-0.25, -0.2) is 13.1 Å². The number of carboxylic acid groups (broad SMARTS) is 1. The van der Waals surface area contributed by atoms with Crippen molar-refractivity contribution in [2.75, 3.05) is 11.4 Å². The van der Waals surface area contributed by atoms with Crippen molar-refractivity contribution in [3.05, 3.63) is 59.7 Å². The molecule has 0 bridgehead atoms. The Bertz CT molecular complexity index is 1010. The highest BCUT2D eigenvalue weighted by Crippen LogP contribution is 2.37. The molecule has 1 fully saturated rings. The highest BCUT2D eigenvalue weighted by molar-refractivity contribution is 7.89. The minimum absolute atomic E-state index is 0.00496. The molecule has 0 radical (unpaired) electrons. The van der Waals surface area contributed by atoms with Gasteiger partial charge in [0.05, 0.1) is 4.90 Å². The topological polar surface area (TPSA) is 104 Å². The SMILES string of the molecule is O=C(O)C1CN(C(=O)c2ccc(S(=O)(=O)NC3CC3)cc2)c2ccccc21. The van der Waals surface area contributed by atoms with E-state index >= 15 is 0 Å². The van der Waals surface area contributed by atoms with Gasteiger partial charge in [-0.05, 0) is 48.7 Å². The first kappa shape index (κ1) is 17.7. The number of nitrogens with one attached hydrogen (secondary N) is 1. The van der Waals surface area contributed by atoms with Crippen LogP contribution < -0.4 is 9.62 Å². The number of hydrogen-bond acceptors (Lipinski definition) is 4. The fraction of sp³-hybridized carbons (Fsp3) is 0.263. The maximum atomic E-state index is 12.9. The van der Waals surface area contributed by atoms with Gasteiger partial charge in [-0.1, -0.05) is 18.2 Å². The van der Waals surface area contributed by atoms with Crippen molar-refractivity contribution in [2.24, 2.45) is 0 Å². The number of carboxylic acids is 1. The highest BCUT2D eigenvalue weighted by Gasteiger charge is 2.36. The summed E-state index contributed by atoms with van der Waals surface area (Å²) in [5.74, 6) is -2.11. The number of amides is 1. The van der Waals surface area contributed by atoms with Crippen LogP contribution in [0.5, 0.6) is 0 Å². The second kappa shape index (κ2) is 6.47. The molecule has 1 saturated carbocycles. The Balaban J connectivity index is 1.59. The standard InChI is InChI=1S/C19H18N2O5S/c22-18(21-11-16(19(23)24)15-3-1-2-4-17(15)21)12-5-9-14(10-6-12)27(25,26)20-13-7-8-13/h1-6,9-10,13,16,20H,7-8,11H2,(H,23,24). The number of rotatable bonds is 5. The molecule has 2 aromatic rings. The van der Waals surface area contributed by atoms with E-state index in [4.69, 9.17) is 0 Å². The molecule has 0 spiro atoms. The minimum atomic E-state index is -3.58. The lowest BCUT2D eigenvalue weighted by molar-refractivity contribution is -0.138. The molecule has 1 heterocycles. The smallest absolute Gasteiger partial charge is 0.312 e. The molecular formula is C19H18N2O5S. The number of hydrogen-bond donors (Lipinski definition) is 2. The quantitative estimate of drug-likeness (QED) is 0.817. The summed E-state index contributed by atoms with van der Waals surface area (Å²) >= 11 is 0. The zero-order valence-electron chi connectivity index (χ0n) is 14.3. The van der Waals surface area contributed by atoms with Crippen molar-refractivity contribution in [3.63, 3.8) is 0 Å². The van der Waals surface area contributed by atoms with Crippen molar-refractivity contribution in [3.8, 4) is 0 Å². The number of fused-ring (bicyclic) bond motifs is 1. The molecule has 1 atom stereocenters. The van der Waals surface area contributed by atoms with E-state index in [1.54, 1.807) is 24.3 Å². The summed E-state index contributed by atoms with van der Waals surface area (Å²) in [5, 5.41) is 9.42. The van der Waals surface area contributed by atoms with E-state index in [0.717, 1.165) is 12.8 Å². The molecule has 1 unspecified atom stereocenters. The number of sulfonamides is 1. The molecule has 1 aliphatic carbocycles. The molecule has 1 amide bonds. The molecule has 8 heteroatoms. The zero-order valence-corrected chi connectivity index (χ0v) is 15.1. The number of anilines is 1. The van der Waals surface area contributed by atoms with Crippen LogP contribution >= 0.6 is 0 Å². The van der Waals surface area contributed by atoms with Crippen LogP contribution in [-0.4, -0.2) is 38.0 Å². The van der Waals surface area contributed by atoms with Gasteiger partial charge in [-0.15, -0.1) is 0 Å². The van der Waals surface area contributed by atoms with Crippen LogP contribution in [0.25, 0.3) is 0 Å². The predicted octanol–water partition coefficient (Wildman–Crippen LogP) is 1.96. The maximum Gasteiger partial charge on any atom is 0.312 e. The van der Waals surface area contributed by atoms with Gasteiger partial charge in [0.1, 0.15) is 5.92 Å². The normalized spacial score (nSPS) is 19.0. The third kappa shape index (κ3) is 3.33. The van der Waals surface area contributed by atoms with Crippen LogP contribution in [0.15, 0.2) is 53.4 Å². The van der Waals surface area contributed by atoms with Crippen LogP contribution in [0.3, 0.4) is 0 Å². The van der Waals surface area contributed by atoms with Crippen LogP contribution in [0.1, 0.15) is 34.7 Å². The van der Waals surface area contributed by atoms with E-state index in [1.807, 2.05) is 0 Å². The van der Waals surface area contributed by atoms with Gasteiger partial charge in [0.25, 0.3) is 5.91 Å². The number of aliphatic carboxylic acids is 1. The Hall–Kier alpha value is -2.71. The number of carbonyl (C=O) groups excluding carboxylic acids is 1. The molecule has 2 aromatic carbocycles. The molecule has 7 nitrogen and oxygen atoms in total. The van der Waals surface area contributed by atoms with Crippen molar-refractivity contribution in [1.82, 2.24) is 4.72 Å². The predicted molar refractivity (Wildman–Crippen MR) is 98.3 cm³/mol. The van der Waals surface area contributed by atoms with Gasteiger partial charge >= 0.3 is 5.97 Å². The number of para-hydroxylation sites is 1. The van der Waals surface area contributed by atoms with E-state index in [1.165, 1.54) is 29.2 Å².